The van der Waals surface area contributed by atoms with Crippen LogP contribution in [0.2, 0.25) is 0 Å². The molecule has 1 aromatic heterocycles. The standard InChI is InChI=1S/C13H15FN2O2/c1-16-11-8-9(14)6-7-10(11)15-12(16)4-2-3-5-13(17)18/h6-8H,2-5H2,1H3,(H,17,18). The third-order valence-corrected chi connectivity index (χ3v) is 2.98. The zero-order valence-corrected chi connectivity index (χ0v) is 10.2. The predicted molar refractivity (Wildman–Crippen MR) is 65.9 cm³/mol. The summed E-state index contributed by atoms with van der Waals surface area (Å²) >= 11 is 0. The van der Waals surface area contributed by atoms with Gasteiger partial charge in [0.1, 0.15) is 11.6 Å². The van der Waals surface area contributed by atoms with E-state index in [9.17, 15) is 9.18 Å². The predicted octanol–water partition coefficient (Wildman–Crippen LogP) is 2.51. The van der Waals surface area contributed by atoms with Crippen LogP contribution < -0.4 is 0 Å². The van der Waals surface area contributed by atoms with Crippen molar-refractivity contribution in [3.8, 4) is 0 Å². The second-order valence-electron chi connectivity index (χ2n) is 4.32. The third kappa shape index (κ3) is 2.67. The van der Waals surface area contributed by atoms with E-state index in [-0.39, 0.29) is 12.2 Å². The largest absolute Gasteiger partial charge is 0.481 e. The summed E-state index contributed by atoms with van der Waals surface area (Å²) in [7, 11) is 1.85. The van der Waals surface area contributed by atoms with Gasteiger partial charge in [-0.15, -0.1) is 0 Å². The fraction of sp³-hybridized carbons (Fsp3) is 0.385. The van der Waals surface area contributed by atoms with Crippen molar-refractivity contribution in [2.45, 2.75) is 25.7 Å². The molecule has 0 bridgehead atoms. The van der Waals surface area contributed by atoms with E-state index in [1.807, 2.05) is 11.6 Å². The molecule has 0 saturated heterocycles. The number of fused-ring (bicyclic) bond motifs is 1. The Labute approximate surface area is 104 Å². The first-order valence-corrected chi connectivity index (χ1v) is 5.90. The van der Waals surface area contributed by atoms with Gasteiger partial charge in [0.05, 0.1) is 11.0 Å². The Hall–Kier alpha value is -1.91. The van der Waals surface area contributed by atoms with Crippen LogP contribution in [0.25, 0.3) is 11.0 Å². The number of hydrogen-bond donors (Lipinski definition) is 1. The summed E-state index contributed by atoms with van der Waals surface area (Å²) in [4.78, 5) is 14.8. The van der Waals surface area contributed by atoms with Gasteiger partial charge in [-0.3, -0.25) is 4.79 Å². The molecule has 2 aromatic rings. The van der Waals surface area contributed by atoms with Crippen LogP contribution in [0.3, 0.4) is 0 Å². The number of carboxylic acid groups (broad SMARTS) is 1. The number of carboxylic acids is 1. The molecule has 1 heterocycles. The molecule has 0 aliphatic carbocycles. The summed E-state index contributed by atoms with van der Waals surface area (Å²) in [6, 6.07) is 4.51. The summed E-state index contributed by atoms with van der Waals surface area (Å²) in [5.74, 6) is -0.189. The lowest BCUT2D eigenvalue weighted by atomic mass is 10.2. The lowest BCUT2D eigenvalue weighted by Gasteiger charge is -2.01. The molecule has 0 unspecified atom stereocenters. The van der Waals surface area contributed by atoms with Crippen LogP contribution in [-0.2, 0) is 18.3 Å². The summed E-state index contributed by atoms with van der Waals surface area (Å²) in [5.41, 5.74) is 1.54. The van der Waals surface area contributed by atoms with E-state index in [2.05, 4.69) is 4.98 Å². The van der Waals surface area contributed by atoms with Gasteiger partial charge in [-0.05, 0) is 31.0 Å². The Kier molecular flexibility index (Phi) is 3.60. The fourth-order valence-electron chi connectivity index (χ4n) is 2.00. The van der Waals surface area contributed by atoms with Crippen LogP contribution in [0.4, 0.5) is 4.39 Å². The first kappa shape index (κ1) is 12.5. The average molecular weight is 250 g/mol. The molecule has 0 spiro atoms. The monoisotopic (exact) mass is 250 g/mol. The van der Waals surface area contributed by atoms with Crippen molar-refractivity contribution in [2.75, 3.05) is 0 Å². The molecule has 0 amide bonds. The SMILES string of the molecule is Cn1c(CCCCC(=O)O)nc2ccc(F)cc21. The second-order valence-corrected chi connectivity index (χ2v) is 4.32. The quantitative estimate of drug-likeness (QED) is 0.829. The maximum Gasteiger partial charge on any atom is 0.303 e. The molecule has 1 N–H and O–H groups in total. The van der Waals surface area contributed by atoms with Gasteiger partial charge in [0.15, 0.2) is 0 Å². The number of carbonyl (C=O) groups is 1. The molecule has 0 fully saturated rings. The van der Waals surface area contributed by atoms with Gasteiger partial charge in [-0.25, -0.2) is 9.37 Å². The van der Waals surface area contributed by atoms with E-state index in [4.69, 9.17) is 5.11 Å². The van der Waals surface area contributed by atoms with E-state index < -0.39 is 5.97 Å². The summed E-state index contributed by atoms with van der Waals surface area (Å²) in [6.45, 7) is 0. The Morgan fingerprint density at radius 2 is 2.22 bits per heavy atom. The second kappa shape index (κ2) is 5.16. The van der Waals surface area contributed by atoms with Crippen LogP contribution in [0, 0.1) is 5.82 Å². The maximum atomic E-state index is 13.1. The van der Waals surface area contributed by atoms with Crippen molar-refractivity contribution < 1.29 is 14.3 Å². The van der Waals surface area contributed by atoms with Crippen molar-refractivity contribution in [2.24, 2.45) is 7.05 Å². The molecule has 1 aromatic carbocycles. The molecular weight excluding hydrogens is 235 g/mol. The molecular formula is C13H15FN2O2. The highest BCUT2D eigenvalue weighted by atomic mass is 19.1. The molecule has 5 heteroatoms. The van der Waals surface area contributed by atoms with E-state index >= 15 is 0 Å². The first-order valence-electron chi connectivity index (χ1n) is 5.90. The number of aromatic nitrogens is 2. The molecule has 0 aliphatic rings. The third-order valence-electron chi connectivity index (χ3n) is 2.98. The van der Waals surface area contributed by atoms with Gasteiger partial charge in [0.25, 0.3) is 0 Å². The minimum atomic E-state index is -0.776. The highest BCUT2D eigenvalue weighted by Crippen LogP contribution is 2.17. The highest BCUT2D eigenvalue weighted by molar-refractivity contribution is 5.75. The number of unbranched alkanes of at least 4 members (excludes halogenated alkanes) is 1. The number of hydrogen-bond acceptors (Lipinski definition) is 2. The van der Waals surface area contributed by atoms with Gasteiger partial charge in [0.2, 0.25) is 0 Å². The highest BCUT2D eigenvalue weighted by Gasteiger charge is 2.08. The smallest absolute Gasteiger partial charge is 0.303 e. The number of rotatable bonds is 5. The Balaban J connectivity index is 2.09. The summed E-state index contributed by atoms with van der Waals surface area (Å²) in [5, 5.41) is 8.55. The van der Waals surface area contributed by atoms with Crippen molar-refractivity contribution >= 4 is 17.0 Å². The molecule has 0 atom stereocenters. The number of benzene rings is 1. The topological polar surface area (TPSA) is 55.1 Å². The van der Waals surface area contributed by atoms with Crippen LogP contribution in [0.1, 0.15) is 25.1 Å². The number of aryl methyl sites for hydroxylation is 2. The molecule has 0 radical (unpaired) electrons. The molecule has 18 heavy (non-hydrogen) atoms. The Bertz CT molecular complexity index is 578. The van der Waals surface area contributed by atoms with Crippen molar-refractivity contribution in [1.29, 1.82) is 0 Å². The van der Waals surface area contributed by atoms with Gasteiger partial charge in [-0.1, -0.05) is 0 Å². The lowest BCUT2D eigenvalue weighted by molar-refractivity contribution is -0.137. The molecule has 96 valence electrons. The van der Waals surface area contributed by atoms with E-state index in [1.54, 1.807) is 6.07 Å². The van der Waals surface area contributed by atoms with Crippen LogP contribution >= 0.6 is 0 Å². The van der Waals surface area contributed by atoms with Gasteiger partial charge < -0.3 is 9.67 Å². The van der Waals surface area contributed by atoms with E-state index in [0.29, 0.717) is 12.8 Å². The number of aliphatic carboxylic acids is 1. The fourth-order valence-corrected chi connectivity index (χ4v) is 2.00. The molecule has 0 saturated carbocycles. The Morgan fingerprint density at radius 3 is 2.94 bits per heavy atom. The zero-order valence-electron chi connectivity index (χ0n) is 10.2. The number of halogens is 1. The minimum Gasteiger partial charge on any atom is -0.481 e. The van der Waals surface area contributed by atoms with Crippen LogP contribution in [0.15, 0.2) is 18.2 Å². The van der Waals surface area contributed by atoms with Gasteiger partial charge in [-0.2, -0.15) is 0 Å². The van der Waals surface area contributed by atoms with Gasteiger partial charge >= 0.3 is 5.97 Å². The maximum absolute atomic E-state index is 13.1. The zero-order chi connectivity index (χ0) is 13.1. The normalized spacial score (nSPS) is 11.0. The lowest BCUT2D eigenvalue weighted by Crippen LogP contribution is -2.00. The van der Waals surface area contributed by atoms with Crippen molar-refractivity contribution in [1.82, 2.24) is 9.55 Å². The molecule has 0 aliphatic heterocycles. The van der Waals surface area contributed by atoms with Crippen LogP contribution in [0.5, 0.6) is 0 Å². The Morgan fingerprint density at radius 1 is 1.44 bits per heavy atom. The minimum absolute atomic E-state index is 0.179. The number of imidazole rings is 1. The van der Waals surface area contributed by atoms with Gasteiger partial charge in [0, 0.05) is 19.9 Å². The number of nitrogens with zero attached hydrogens (tertiary/aromatic N) is 2. The average Bonchev–Trinajstić information content (AvgIpc) is 2.62. The van der Waals surface area contributed by atoms with E-state index in [1.165, 1.54) is 12.1 Å². The summed E-state index contributed by atoms with van der Waals surface area (Å²) < 4.78 is 15.0. The van der Waals surface area contributed by atoms with Crippen molar-refractivity contribution in [3.05, 3.63) is 29.8 Å². The molecule has 2 rings (SSSR count). The van der Waals surface area contributed by atoms with Crippen molar-refractivity contribution in [3.63, 3.8) is 0 Å². The van der Waals surface area contributed by atoms with Crippen LogP contribution in [-0.4, -0.2) is 20.6 Å². The first-order chi connectivity index (χ1) is 8.58. The van der Waals surface area contributed by atoms with E-state index in [0.717, 1.165) is 23.3 Å². The molecule has 4 nitrogen and oxygen atoms in total. The summed E-state index contributed by atoms with van der Waals surface area (Å²) in [6.07, 6.45) is 2.29.